The number of nitrogens with zero attached hydrogens (tertiary/aromatic N) is 1. The van der Waals surface area contributed by atoms with Gasteiger partial charge >= 0.3 is 5.97 Å². The van der Waals surface area contributed by atoms with E-state index in [0.29, 0.717) is 0 Å². The van der Waals surface area contributed by atoms with Crippen LogP contribution in [0.2, 0.25) is 0 Å². The fourth-order valence-electron chi connectivity index (χ4n) is 2.84. The molecule has 1 aliphatic heterocycles. The van der Waals surface area contributed by atoms with Crippen molar-refractivity contribution in [3.63, 3.8) is 0 Å². The van der Waals surface area contributed by atoms with Crippen molar-refractivity contribution in [3.8, 4) is 5.75 Å². The Morgan fingerprint density at radius 2 is 2.11 bits per heavy atom. The molecule has 0 aromatic heterocycles. The summed E-state index contributed by atoms with van der Waals surface area (Å²) in [5, 5.41) is 9.02. The zero-order valence-corrected chi connectivity index (χ0v) is 11.6. The molecule has 1 atom stereocenters. The second-order valence-electron chi connectivity index (χ2n) is 5.60. The minimum absolute atomic E-state index is 0.135. The lowest BCUT2D eigenvalue weighted by Crippen LogP contribution is -2.42. The third-order valence-corrected chi connectivity index (χ3v) is 3.80. The van der Waals surface area contributed by atoms with E-state index >= 15 is 0 Å². The van der Waals surface area contributed by atoms with E-state index in [4.69, 9.17) is 9.84 Å². The SMILES string of the molecule is COc1ccc(N2CCCC(C)(CC(=O)O)C2)cc1. The van der Waals surface area contributed by atoms with E-state index < -0.39 is 5.97 Å². The third-order valence-electron chi connectivity index (χ3n) is 3.80. The first-order chi connectivity index (χ1) is 9.02. The molecule has 1 heterocycles. The zero-order chi connectivity index (χ0) is 13.9. The molecule has 0 spiro atoms. The first kappa shape index (κ1) is 13.7. The van der Waals surface area contributed by atoms with Crippen LogP contribution in [-0.4, -0.2) is 31.3 Å². The van der Waals surface area contributed by atoms with Gasteiger partial charge in [0.25, 0.3) is 0 Å². The molecular weight excluding hydrogens is 242 g/mol. The van der Waals surface area contributed by atoms with Crippen molar-refractivity contribution in [2.75, 3.05) is 25.1 Å². The number of aliphatic carboxylic acids is 1. The van der Waals surface area contributed by atoms with Crippen LogP contribution in [0, 0.1) is 5.41 Å². The summed E-state index contributed by atoms with van der Waals surface area (Å²) >= 11 is 0. The van der Waals surface area contributed by atoms with E-state index in [1.54, 1.807) is 7.11 Å². The molecule has 104 valence electrons. The van der Waals surface area contributed by atoms with Crippen molar-refractivity contribution in [3.05, 3.63) is 24.3 Å². The van der Waals surface area contributed by atoms with Crippen LogP contribution in [-0.2, 0) is 4.79 Å². The molecule has 0 aliphatic carbocycles. The van der Waals surface area contributed by atoms with Gasteiger partial charge in [0.1, 0.15) is 5.75 Å². The lowest BCUT2D eigenvalue weighted by atomic mass is 9.79. The lowest BCUT2D eigenvalue weighted by Gasteiger charge is -2.41. The van der Waals surface area contributed by atoms with Crippen LogP contribution in [0.25, 0.3) is 0 Å². The summed E-state index contributed by atoms with van der Waals surface area (Å²) in [6, 6.07) is 7.95. The largest absolute Gasteiger partial charge is 0.497 e. The molecular formula is C15H21NO3. The predicted octanol–water partition coefficient (Wildman–Crippen LogP) is 2.78. The molecule has 0 bridgehead atoms. The van der Waals surface area contributed by atoms with E-state index in [1.165, 1.54) is 0 Å². The molecule has 1 saturated heterocycles. The van der Waals surface area contributed by atoms with Crippen LogP contribution in [0.15, 0.2) is 24.3 Å². The number of anilines is 1. The number of hydrogen-bond acceptors (Lipinski definition) is 3. The normalized spacial score (nSPS) is 23.2. The van der Waals surface area contributed by atoms with Crippen LogP contribution < -0.4 is 9.64 Å². The Hall–Kier alpha value is -1.71. The molecule has 0 radical (unpaired) electrons. The summed E-state index contributed by atoms with van der Waals surface area (Å²) in [4.78, 5) is 13.2. The maximum Gasteiger partial charge on any atom is 0.303 e. The first-order valence-electron chi connectivity index (χ1n) is 6.63. The summed E-state index contributed by atoms with van der Waals surface area (Å²) in [6.07, 6.45) is 2.25. The van der Waals surface area contributed by atoms with Crippen LogP contribution >= 0.6 is 0 Å². The van der Waals surface area contributed by atoms with Crippen LogP contribution in [0.1, 0.15) is 26.2 Å². The number of rotatable bonds is 4. The Balaban J connectivity index is 2.09. The van der Waals surface area contributed by atoms with Crippen LogP contribution in [0.3, 0.4) is 0 Å². The Morgan fingerprint density at radius 1 is 1.42 bits per heavy atom. The Labute approximate surface area is 114 Å². The first-order valence-corrected chi connectivity index (χ1v) is 6.63. The molecule has 4 heteroatoms. The average molecular weight is 263 g/mol. The summed E-state index contributed by atoms with van der Waals surface area (Å²) in [5.74, 6) is 0.133. The molecule has 0 amide bonds. The Kier molecular flexibility index (Phi) is 3.98. The van der Waals surface area contributed by atoms with Crippen molar-refractivity contribution in [2.45, 2.75) is 26.2 Å². The predicted molar refractivity (Wildman–Crippen MR) is 74.8 cm³/mol. The molecule has 1 aromatic rings. The molecule has 1 unspecified atom stereocenters. The number of carboxylic acids is 1. The van der Waals surface area contributed by atoms with E-state index in [9.17, 15) is 4.79 Å². The van der Waals surface area contributed by atoms with Crippen molar-refractivity contribution in [1.29, 1.82) is 0 Å². The molecule has 4 nitrogen and oxygen atoms in total. The minimum Gasteiger partial charge on any atom is -0.497 e. The van der Waals surface area contributed by atoms with Gasteiger partial charge in [-0.25, -0.2) is 0 Å². The molecule has 1 fully saturated rings. The number of ether oxygens (including phenoxy) is 1. The van der Waals surface area contributed by atoms with E-state index in [-0.39, 0.29) is 11.8 Å². The van der Waals surface area contributed by atoms with Gasteiger partial charge in [0, 0.05) is 18.8 Å². The van der Waals surface area contributed by atoms with Gasteiger partial charge in [0.2, 0.25) is 0 Å². The van der Waals surface area contributed by atoms with Crippen molar-refractivity contribution in [1.82, 2.24) is 0 Å². The molecule has 1 N–H and O–H groups in total. The summed E-state index contributed by atoms with van der Waals surface area (Å²) in [7, 11) is 1.65. The van der Waals surface area contributed by atoms with Gasteiger partial charge < -0.3 is 14.7 Å². The summed E-state index contributed by atoms with van der Waals surface area (Å²) in [6.45, 7) is 3.85. The fourth-order valence-corrected chi connectivity index (χ4v) is 2.84. The van der Waals surface area contributed by atoms with Gasteiger partial charge in [0.05, 0.1) is 13.5 Å². The lowest BCUT2D eigenvalue weighted by molar-refractivity contribution is -0.139. The number of piperidine rings is 1. The number of benzene rings is 1. The van der Waals surface area contributed by atoms with Gasteiger partial charge in [-0.3, -0.25) is 4.79 Å². The van der Waals surface area contributed by atoms with Crippen LogP contribution in [0.4, 0.5) is 5.69 Å². The minimum atomic E-state index is -0.709. The monoisotopic (exact) mass is 263 g/mol. The molecule has 0 saturated carbocycles. The molecule has 1 aliphatic rings. The van der Waals surface area contributed by atoms with Crippen molar-refractivity contribution >= 4 is 11.7 Å². The van der Waals surface area contributed by atoms with Gasteiger partial charge in [-0.1, -0.05) is 6.92 Å². The number of methoxy groups -OCH3 is 1. The Bertz CT molecular complexity index is 443. The van der Waals surface area contributed by atoms with Crippen molar-refractivity contribution in [2.24, 2.45) is 5.41 Å². The van der Waals surface area contributed by atoms with Gasteiger partial charge in [-0.2, -0.15) is 0 Å². The van der Waals surface area contributed by atoms with Crippen LogP contribution in [0.5, 0.6) is 5.75 Å². The van der Waals surface area contributed by atoms with Gasteiger partial charge in [0.15, 0.2) is 0 Å². The highest BCUT2D eigenvalue weighted by Crippen LogP contribution is 2.35. The standard InChI is InChI=1S/C15H21NO3/c1-15(10-14(17)18)8-3-9-16(11-15)12-4-6-13(19-2)7-5-12/h4-7H,3,8-11H2,1-2H3,(H,17,18). The maximum atomic E-state index is 11.0. The number of hydrogen-bond donors (Lipinski definition) is 1. The number of carboxylic acid groups (broad SMARTS) is 1. The quantitative estimate of drug-likeness (QED) is 0.907. The number of carbonyl (C=O) groups is 1. The molecule has 1 aromatic carbocycles. The fraction of sp³-hybridized carbons (Fsp3) is 0.533. The zero-order valence-electron chi connectivity index (χ0n) is 11.6. The topological polar surface area (TPSA) is 49.8 Å². The highest BCUT2D eigenvalue weighted by Gasteiger charge is 2.33. The highest BCUT2D eigenvalue weighted by atomic mass is 16.5. The van der Waals surface area contributed by atoms with Gasteiger partial charge in [-0.15, -0.1) is 0 Å². The summed E-state index contributed by atoms with van der Waals surface area (Å²) < 4.78 is 5.15. The smallest absolute Gasteiger partial charge is 0.303 e. The average Bonchev–Trinajstić information content (AvgIpc) is 2.37. The van der Waals surface area contributed by atoms with E-state index in [2.05, 4.69) is 11.8 Å². The Morgan fingerprint density at radius 3 is 2.68 bits per heavy atom. The third kappa shape index (κ3) is 3.40. The maximum absolute atomic E-state index is 11.0. The molecule has 2 rings (SSSR count). The van der Waals surface area contributed by atoms with Gasteiger partial charge in [-0.05, 0) is 42.5 Å². The van der Waals surface area contributed by atoms with Crippen molar-refractivity contribution < 1.29 is 14.6 Å². The second kappa shape index (κ2) is 5.51. The highest BCUT2D eigenvalue weighted by molar-refractivity contribution is 5.68. The van der Waals surface area contributed by atoms with E-state index in [1.807, 2.05) is 24.3 Å². The summed E-state index contributed by atoms with van der Waals surface area (Å²) in [5.41, 5.74) is 1.00. The second-order valence-corrected chi connectivity index (χ2v) is 5.60. The molecule has 19 heavy (non-hydrogen) atoms. The van der Waals surface area contributed by atoms with E-state index in [0.717, 1.165) is 37.4 Å².